The van der Waals surface area contributed by atoms with Crippen molar-refractivity contribution in [1.29, 1.82) is 0 Å². The van der Waals surface area contributed by atoms with Gasteiger partial charge in [0.15, 0.2) is 5.75 Å². The molecule has 13 aromatic rings. The van der Waals surface area contributed by atoms with Crippen LogP contribution in [0.5, 0.6) is 11.5 Å². The molecule has 0 saturated heterocycles. The van der Waals surface area contributed by atoms with Crippen molar-refractivity contribution in [2.75, 3.05) is 9.80 Å². The van der Waals surface area contributed by atoms with Gasteiger partial charge in [-0.1, -0.05) is 200 Å². The van der Waals surface area contributed by atoms with Gasteiger partial charge in [-0.25, -0.2) is 0 Å². The van der Waals surface area contributed by atoms with Gasteiger partial charge in [-0.3, -0.25) is 0 Å². The largest absolute Gasteiger partial charge is 0.455 e. The third kappa shape index (κ3) is 6.63. The van der Waals surface area contributed by atoms with E-state index in [1.54, 1.807) is 0 Å². The molecule has 0 N–H and O–H groups in total. The van der Waals surface area contributed by atoms with Crippen LogP contribution in [0.25, 0.3) is 66.1 Å². The molecule has 0 spiro atoms. The lowest BCUT2D eigenvalue weighted by Gasteiger charge is -2.35. The molecule has 1 aliphatic carbocycles. The predicted molar refractivity (Wildman–Crippen MR) is 309 cm³/mol. The Bertz CT molecular complexity index is 4240. The molecule has 0 radical (unpaired) electrons. The number of hydrogen-bond acceptors (Lipinski definition) is 4. The summed E-state index contributed by atoms with van der Waals surface area (Å²) < 4.78 is 13.9. The number of anilines is 6. The van der Waals surface area contributed by atoms with Gasteiger partial charge in [0.05, 0.1) is 11.1 Å². The molecular formula is C71H46N2O2. The Morgan fingerprint density at radius 1 is 0.333 bits per heavy atom. The first kappa shape index (κ1) is 42.8. The van der Waals surface area contributed by atoms with E-state index >= 15 is 0 Å². The van der Waals surface area contributed by atoms with Gasteiger partial charge in [0, 0.05) is 55.7 Å². The average molecular weight is 959 g/mol. The third-order valence-corrected chi connectivity index (χ3v) is 15.5. The van der Waals surface area contributed by atoms with E-state index < -0.39 is 5.41 Å². The fraction of sp³-hybridized carbons (Fsp3) is 0.0141. The number of fused-ring (bicyclic) bond motifs is 8. The molecule has 2 aliphatic rings. The molecule has 1 aliphatic heterocycles. The van der Waals surface area contributed by atoms with E-state index in [4.69, 9.17) is 9.15 Å². The van der Waals surface area contributed by atoms with E-state index in [0.717, 1.165) is 101 Å². The van der Waals surface area contributed by atoms with E-state index in [1.165, 1.54) is 33.4 Å². The van der Waals surface area contributed by atoms with Gasteiger partial charge < -0.3 is 19.0 Å². The Balaban J connectivity index is 0.946. The number of hydrogen-bond donors (Lipinski definition) is 0. The van der Waals surface area contributed by atoms with Crippen molar-refractivity contribution in [3.05, 3.63) is 301 Å². The lowest BCUT2D eigenvalue weighted by molar-refractivity contribution is 0.488. The van der Waals surface area contributed by atoms with Gasteiger partial charge in [0.25, 0.3) is 0 Å². The minimum absolute atomic E-state index is 0.587. The van der Waals surface area contributed by atoms with Gasteiger partial charge in [0.1, 0.15) is 16.9 Å². The predicted octanol–water partition coefficient (Wildman–Crippen LogP) is 19.5. The van der Waals surface area contributed by atoms with Gasteiger partial charge in [-0.15, -0.1) is 0 Å². The summed E-state index contributed by atoms with van der Waals surface area (Å²) in [7, 11) is 0. The molecule has 0 fully saturated rings. The number of para-hydroxylation sites is 4. The summed E-state index contributed by atoms with van der Waals surface area (Å²) in [6.45, 7) is 0. The van der Waals surface area contributed by atoms with Gasteiger partial charge in [0.2, 0.25) is 0 Å². The van der Waals surface area contributed by atoms with Crippen LogP contribution < -0.4 is 14.5 Å². The van der Waals surface area contributed by atoms with Crippen molar-refractivity contribution in [2.24, 2.45) is 0 Å². The number of benzene rings is 12. The minimum Gasteiger partial charge on any atom is -0.455 e. The Kier molecular flexibility index (Phi) is 9.76. The van der Waals surface area contributed by atoms with Crippen molar-refractivity contribution in [3.8, 4) is 44.9 Å². The second kappa shape index (κ2) is 17.1. The van der Waals surface area contributed by atoms with Gasteiger partial charge >= 0.3 is 0 Å². The second-order valence-electron chi connectivity index (χ2n) is 19.5. The summed E-state index contributed by atoms with van der Waals surface area (Å²) in [5.41, 5.74) is 19.0. The minimum atomic E-state index is -0.587. The Morgan fingerprint density at radius 2 is 0.893 bits per heavy atom. The van der Waals surface area contributed by atoms with E-state index in [2.05, 4.69) is 277 Å². The molecule has 75 heavy (non-hydrogen) atoms. The Labute approximate surface area is 435 Å². The summed E-state index contributed by atoms with van der Waals surface area (Å²) in [5, 5.41) is 4.40. The maximum atomic E-state index is 7.37. The number of ether oxygens (including phenoxy) is 1. The van der Waals surface area contributed by atoms with E-state index in [0.29, 0.717) is 0 Å². The van der Waals surface area contributed by atoms with Crippen LogP contribution in [-0.4, -0.2) is 0 Å². The summed E-state index contributed by atoms with van der Waals surface area (Å²) in [4.78, 5) is 4.70. The molecule has 0 unspecified atom stereocenters. The van der Waals surface area contributed by atoms with Crippen LogP contribution in [-0.2, 0) is 5.41 Å². The highest BCUT2D eigenvalue weighted by Gasteiger charge is 2.46. The average Bonchev–Trinajstić information content (AvgIpc) is 4.02. The molecule has 1 aromatic heterocycles. The van der Waals surface area contributed by atoms with E-state index in [1.807, 2.05) is 12.1 Å². The molecule has 4 nitrogen and oxygen atoms in total. The molecule has 15 rings (SSSR count). The normalized spacial score (nSPS) is 12.7. The van der Waals surface area contributed by atoms with E-state index in [9.17, 15) is 0 Å². The number of rotatable bonds is 9. The summed E-state index contributed by atoms with van der Waals surface area (Å²) >= 11 is 0. The van der Waals surface area contributed by atoms with Crippen molar-refractivity contribution in [1.82, 2.24) is 0 Å². The second-order valence-corrected chi connectivity index (χ2v) is 19.5. The maximum Gasteiger partial charge on any atom is 0.159 e. The Hall–Kier alpha value is -9.90. The molecule has 0 saturated carbocycles. The van der Waals surface area contributed by atoms with Crippen molar-refractivity contribution < 1.29 is 9.15 Å². The van der Waals surface area contributed by atoms with Crippen molar-refractivity contribution in [2.45, 2.75) is 5.41 Å². The topological polar surface area (TPSA) is 28.9 Å². The summed E-state index contributed by atoms with van der Waals surface area (Å²) in [5.74, 6) is 1.61. The number of furan rings is 1. The molecule has 352 valence electrons. The molecule has 2 heterocycles. The van der Waals surface area contributed by atoms with Crippen molar-refractivity contribution >= 4 is 66.8 Å². The van der Waals surface area contributed by atoms with Gasteiger partial charge in [-0.05, 0) is 129 Å². The fourth-order valence-electron chi connectivity index (χ4n) is 12.3. The third-order valence-electron chi connectivity index (χ3n) is 15.5. The van der Waals surface area contributed by atoms with Crippen LogP contribution in [0.15, 0.2) is 283 Å². The van der Waals surface area contributed by atoms with Crippen LogP contribution in [0, 0.1) is 0 Å². The number of nitrogens with zero attached hydrogens (tertiary/aromatic N) is 2. The monoisotopic (exact) mass is 958 g/mol. The Morgan fingerprint density at radius 3 is 1.64 bits per heavy atom. The molecular weight excluding hydrogens is 913 g/mol. The molecule has 0 atom stereocenters. The standard InChI is InChI=1S/C71H46N2O2/c1-5-20-49(21-6-1)71(50-22-7-2-8-23-50)63-33-15-13-28-57(63)58-42-40-55(46-64(58)71)73(53-38-35-47(36-39-53)56-30-18-32-61-59-29-14-16-34-66(59)74-69(56)61)65-43-37-48-19-17-31-60-62-45-54(41-44-67(62)75-70(65)68(48)60)72(51-24-9-3-10-25-51)52-26-11-4-12-27-52/h1-46H. The molecule has 12 aromatic carbocycles. The fourth-order valence-corrected chi connectivity index (χ4v) is 12.3. The first-order chi connectivity index (χ1) is 37.2. The van der Waals surface area contributed by atoms with Crippen LogP contribution in [0.2, 0.25) is 0 Å². The highest BCUT2D eigenvalue weighted by atomic mass is 16.5. The molecule has 0 amide bonds. The van der Waals surface area contributed by atoms with Crippen LogP contribution in [0.3, 0.4) is 0 Å². The SMILES string of the molecule is c1ccc(N(c2ccccc2)c2ccc3c(c2)-c2cccc4ccc(N(c5ccc(-c6cccc7c6oc6ccccc67)cc5)c5ccc6c(c5)C(c5ccccc5)(c5ccccc5)c5ccccc5-6)c(c24)O3)cc1. The molecule has 0 bridgehead atoms. The zero-order valence-electron chi connectivity index (χ0n) is 40.8. The zero-order valence-corrected chi connectivity index (χ0v) is 40.8. The van der Waals surface area contributed by atoms with Crippen LogP contribution in [0.1, 0.15) is 22.3 Å². The van der Waals surface area contributed by atoms with E-state index in [-0.39, 0.29) is 0 Å². The highest BCUT2D eigenvalue weighted by molar-refractivity contribution is 6.11. The summed E-state index contributed by atoms with van der Waals surface area (Å²) in [6.07, 6.45) is 0. The van der Waals surface area contributed by atoms with Crippen LogP contribution >= 0.6 is 0 Å². The quantitative estimate of drug-likeness (QED) is 0.144. The maximum absolute atomic E-state index is 7.37. The zero-order chi connectivity index (χ0) is 49.5. The first-order valence-corrected chi connectivity index (χ1v) is 25.7. The molecule has 4 heteroatoms. The highest BCUT2D eigenvalue weighted by Crippen LogP contribution is 2.59. The summed E-state index contributed by atoms with van der Waals surface area (Å²) in [6, 6.07) is 101. The smallest absolute Gasteiger partial charge is 0.159 e. The lowest BCUT2D eigenvalue weighted by atomic mass is 9.67. The van der Waals surface area contributed by atoms with Gasteiger partial charge in [-0.2, -0.15) is 0 Å². The van der Waals surface area contributed by atoms with Crippen molar-refractivity contribution in [3.63, 3.8) is 0 Å². The lowest BCUT2D eigenvalue weighted by Crippen LogP contribution is -2.28. The van der Waals surface area contributed by atoms with Crippen LogP contribution in [0.4, 0.5) is 34.1 Å². The first-order valence-electron chi connectivity index (χ1n) is 25.7.